The van der Waals surface area contributed by atoms with Crippen LogP contribution >= 0.6 is 23.2 Å². The first-order valence-electron chi connectivity index (χ1n) is 5.10. The van der Waals surface area contributed by atoms with E-state index in [-0.39, 0.29) is 5.54 Å². The second-order valence-electron chi connectivity index (χ2n) is 4.39. The predicted molar refractivity (Wildman–Crippen MR) is 69.9 cm³/mol. The van der Waals surface area contributed by atoms with E-state index in [4.69, 9.17) is 27.9 Å². The first kappa shape index (κ1) is 13.6. The molecule has 0 fully saturated rings. The Balaban J connectivity index is 3.12. The molecule has 0 atom stereocenters. The third-order valence-corrected chi connectivity index (χ3v) is 3.10. The van der Waals surface area contributed by atoms with Crippen LogP contribution in [0.2, 0.25) is 10.0 Å². The highest BCUT2D eigenvalue weighted by molar-refractivity contribution is 6.35. The fourth-order valence-electron chi connectivity index (χ4n) is 1.54. The van der Waals surface area contributed by atoms with Gasteiger partial charge in [0.2, 0.25) is 0 Å². The summed E-state index contributed by atoms with van der Waals surface area (Å²) < 4.78 is 5.30. The van der Waals surface area contributed by atoms with Gasteiger partial charge in [0.25, 0.3) is 0 Å². The number of rotatable bonds is 4. The van der Waals surface area contributed by atoms with Gasteiger partial charge in [-0.2, -0.15) is 0 Å². The zero-order valence-corrected chi connectivity index (χ0v) is 11.5. The van der Waals surface area contributed by atoms with Crippen LogP contribution in [0.25, 0.3) is 0 Å². The molecule has 16 heavy (non-hydrogen) atoms. The van der Waals surface area contributed by atoms with Gasteiger partial charge in [0.15, 0.2) is 0 Å². The summed E-state index contributed by atoms with van der Waals surface area (Å²) in [5.41, 5.74) is 0.987. The van der Waals surface area contributed by atoms with Crippen molar-refractivity contribution in [2.75, 3.05) is 14.2 Å². The molecule has 90 valence electrons. The minimum absolute atomic E-state index is 0.0265. The lowest BCUT2D eigenvalue weighted by molar-refractivity contribution is 0.386. The molecule has 0 radical (unpaired) electrons. The van der Waals surface area contributed by atoms with E-state index in [2.05, 4.69) is 19.2 Å². The van der Waals surface area contributed by atoms with Crippen LogP contribution in [0.4, 0.5) is 0 Å². The Labute approximate surface area is 107 Å². The fraction of sp³-hybridized carbons (Fsp3) is 0.500. The van der Waals surface area contributed by atoms with E-state index >= 15 is 0 Å². The van der Waals surface area contributed by atoms with Gasteiger partial charge >= 0.3 is 0 Å². The predicted octanol–water partition coefficient (Wildman–Crippen LogP) is 3.54. The molecule has 0 saturated carbocycles. The lowest BCUT2D eigenvalue weighted by Gasteiger charge is -2.25. The Morgan fingerprint density at radius 2 is 1.94 bits per heavy atom. The maximum absolute atomic E-state index is 6.08. The van der Waals surface area contributed by atoms with Gasteiger partial charge in [-0.15, -0.1) is 0 Å². The van der Waals surface area contributed by atoms with Gasteiger partial charge in [-0.05, 0) is 45.0 Å². The summed E-state index contributed by atoms with van der Waals surface area (Å²) in [5, 5.41) is 4.42. The Kier molecular flexibility index (Phi) is 4.48. The smallest absolute Gasteiger partial charge is 0.140 e. The number of hydrogen-bond donors (Lipinski definition) is 1. The van der Waals surface area contributed by atoms with Crippen molar-refractivity contribution in [1.29, 1.82) is 0 Å². The molecule has 1 N–H and O–H groups in total. The largest absolute Gasteiger partial charge is 0.495 e. The first-order chi connectivity index (χ1) is 7.39. The highest BCUT2D eigenvalue weighted by Gasteiger charge is 2.19. The molecule has 0 aromatic heterocycles. The van der Waals surface area contributed by atoms with Crippen LogP contribution in [0.3, 0.4) is 0 Å². The van der Waals surface area contributed by atoms with Gasteiger partial charge in [0.05, 0.1) is 12.1 Å². The monoisotopic (exact) mass is 261 g/mol. The number of likely N-dealkylation sites (N-methyl/N-ethyl adjacent to an activating group) is 1. The number of ether oxygens (including phenoxy) is 1. The van der Waals surface area contributed by atoms with E-state index in [1.807, 2.05) is 13.1 Å². The van der Waals surface area contributed by atoms with Crippen molar-refractivity contribution in [3.8, 4) is 5.75 Å². The van der Waals surface area contributed by atoms with E-state index in [1.54, 1.807) is 13.2 Å². The second-order valence-corrected chi connectivity index (χ2v) is 5.23. The van der Waals surface area contributed by atoms with E-state index in [0.717, 1.165) is 12.0 Å². The third kappa shape index (κ3) is 3.27. The number of methoxy groups -OCH3 is 1. The van der Waals surface area contributed by atoms with Gasteiger partial charge in [-0.3, -0.25) is 0 Å². The summed E-state index contributed by atoms with van der Waals surface area (Å²) in [6.45, 7) is 4.22. The molecule has 0 aliphatic carbocycles. The molecule has 0 unspecified atom stereocenters. The second kappa shape index (κ2) is 5.26. The highest BCUT2D eigenvalue weighted by atomic mass is 35.5. The molecule has 1 aromatic rings. The molecule has 0 heterocycles. The topological polar surface area (TPSA) is 21.3 Å². The van der Waals surface area contributed by atoms with Crippen LogP contribution in [0.1, 0.15) is 19.4 Å². The molecule has 0 aliphatic rings. The molecular weight excluding hydrogens is 245 g/mol. The number of nitrogens with one attached hydrogen (secondary N) is 1. The summed E-state index contributed by atoms with van der Waals surface area (Å²) >= 11 is 12.1. The third-order valence-electron chi connectivity index (χ3n) is 2.60. The summed E-state index contributed by atoms with van der Waals surface area (Å²) in [6.07, 6.45) is 0.799. The van der Waals surface area contributed by atoms with Crippen molar-refractivity contribution in [2.45, 2.75) is 25.8 Å². The van der Waals surface area contributed by atoms with Crippen LogP contribution in [0, 0.1) is 0 Å². The number of benzene rings is 1. The zero-order chi connectivity index (χ0) is 12.3. The fourth-order valence-corrected chi connectivity index (χ4v) is 2.15. The van der Waals surface area contributed by atoms with Crippen molar-refractivity contribution in [1.82, 2.24) is 5.32 Å². The Morgan fingerprint density at radius 1 is 1.31 bits per heavy atom. The van der Waals surface area contributed by atoms with E-state index in [1.165, 1.54) is 0 Å². The van der Waals surface area contributed by atoms with Crippen LogP contribution in [-0.4, -0.2) is 19.7 Å². The van der Waals surface area contributed by atoms with Crippen molar-refractivity contribution >= 4 is 23.2 Å². The minimum Gasteiger partial charge on any atom is -0.495 e. The lowest BCUT2D eigenvalue weighted by Crippen LogP contribution is -2.38. The summed E-state index contributed by atoms with van der Waals surface area (Å²) in [7, 11) is 3.55. The van der Waals surface area contributed by atoms with Crippen molar-refractivity contribution in [2.24, 2.45) is 0 Å². The number of halogens is 2. The van der Waals surface area contributed by atoms with Gasteiger partial charge < -0.3 is 10.1 Å². The highest BCUT2D eigenvalue weighted by Crippen LogP contribution is 2.34. The molecule has 2 nitrogen and oxygen atoms in total. The summed E-state index contributed by atoms with van der Waals surface area (Å²) in [4.78, 5) is 0. The summed E-state index contributed by atoms with van der Waals surface area (Å²) in [5.74, 6) is 0.703. The maximum atomic E-state index is 6.08. The summed E-state index contributed by atoms with van der Waals surface area (Å²) in [6, 6.07) is 3.59. The average molecular weight is 262 g/mol. The molecule has 0 bridgehead atoms. The quantitative estimate of drug-likeness (QED) is 0.896. The van der Waals surface area contributed by atoms with Gasteiger partial charge in [0, 0.05) is 10.6 Å². The van der Waals surface area contributed by atoms with Gasteiger partial charge in [-0.1, -0.05) is 23.2 Å². The molecular formula is C12H17Cl2NO. The minimum atomic E-state index is -0.0265. The number of hydrogen-bond acceptors (Lipinski definition) is 2. The average Bonchev–Trinajstić information content (AvgIpc) is 2.16. The van der Waals surface area contributed by atoms with Crippen molar-refractivity contribution < 1.29 is 4.74 Å². The molecule has 1 rings (SSSR count). The van der Waals surface area contributed by atoms with Crippen LogP contribution in [0.15, 0.2) is 12.1 Å². The Hall–Kier alpha value is -0.440. The zero-order valence-electron chi connectivity index (χ0n) is 10.0. The molecule has 0 saturated heterocycles. The standard InChI is InChI=1S/C12H17Cl2NO/c1-12(2,15-3)7-8-5-9(13)6-10(14)11(8)16-4/h5-6,15H,7H2,1-4H3. The van der Waals surface area contributed by atoms with Crippen LogP contribution in [0.5, 0.6) is 5.75 Å². The van der Waals surface area contributed by atoms with Crippen LogP contribution in [-0.2, 0) is 6.42 Å². The van der Waals surface area contributed by atoms with Gasteiger partial charge in [0.1, 0.15) is 5.75 Å². The van der Waals surface area contributed by atoms with Gasteiger partial charge in [-0.25, -0.2) is 0 Å². The van der Waals surface area contributed by atoms with E-state index in [0.29, 0.717) is 15.8 Å². The maximum Gasteiger partial charge on any atom is 0.140 e. The Bertz CT molecular complexity index is 378. The normalized spacial score (nSPS) is 11.6. The molecule has 0 aliphatic heterocycles. The molecule has 0 spiro atoms. The van der Waals surface area contributed by atoms with E-state index in [9.17, 15) is 0 Å². The lowest BCUT2D eigenvalue weighted by atomic mass is 9.94. The molecule has 0 amide bonds. The van der Waals surface area contributed by atoms with Crippen LogP contribution < -0.4 is 10.1 Å². The van der Waals surface area contributed by atoms with Crippen molar-refractivity contribution in [3.63, 3.8) is 0 Å². The molecule has 1 aromatic carbocycles. The first-order valence-corrected chi connectivity index (χ1v) is 5.86. The molecule has 4 heteroatoms. The Morgan fingerprint density at radius 3 is 2.44 bits per heavy atom. The SMILES string of the molecule is CNC(C)(C)Cc1cc(Cl)cc(Cl)c1OC. The van der Waals surface area contributed by atoms with E-state index < -0.39 is 0 Å². The van der Waals surface area contributed by atoms with Crippen molar-refractivity contribution in [3.05, 3.63) is 27.7 Å².